The Balaban J connectivity index is 1.58. The van der Waals surface area contributed by atoms with Crippen molar-refractivity contribution in [3.8, 4) is 0 Å². The third-order valence-electron chi connectivity index (χ3n) is 3.41. The molecule has 1 heterocycles. The Hall–Kier alpha value is -0.120. The van der Waals surface area contributed by atoms with Gasteiger partial charge in [0.25, 0.3) is 0 Å². The molecule has 0 unspecified atom stereocenters. The van der Waals surface area contributed by atoms with Crippen LogP contribution in [0, 0.1) is 0 Å². The van der Waals surface area contributed by atoms with Crippen LogP contribution < -0.4 is 11.1 Å². The first-order valence-electron chi connectivity index (χ1n) is 6.07. The third-order valence-corrected chi connectivity index (χ3v) is 3.41. The van der Waals surface area contributed by atoms with E-state index in [1.807, 2.05) is 0 Å². The van der Waals surface area contributed by atoms with Crippen molar-refractivity contribution in [2.75, 3.05) is 26.2 Å². The predicted octanol–water partition coefficient (Wildman–Crippen LogP) is 0.552. The lowest BCUT2D eigenvalue weighted by molar-refractivity contribution is 0.190. The highest BCUT2D eigenvalue weighted by molar-refractivity contribution is 4.88. The summed E-state index contributed by atoms with van der Waals surface area (Å²) < 4.78 is 0. The quantitative estimate of drug-likeness (QED) is 0.633. The van der Waals surface area contributed by atoms with E-state index in [1.54, 1.807) is 0 Å². The van der Waals surface area contributed by atoms with Gasteiger partial charge in [-0.3, -0.25) is 0 Å². The zero-order valence-electron chi connectivity index (χ0n) is 9.04. The van der Waals surface area contributed by atoms with Crippen LogP contribution in [0.25, 0.3) is 0 Å². The molecular weight excluding hydrogens is 174 g/mol. The summed E-state index contributed by atoms with van der Waals surface area (Å²) in [6.45, 7) is 4.54. The molecule has 2 aliphatic rings. The van der Waals surface area contributed by atoms with Crippen LogP contribution in [0.4, 0.5) is 0 Å². The van der Waals surface area contributed by atoms with Crippen molar-refractivity contribution in [3.63, 3.8) is 0 Å². The molecule has 3 heteroatoms. The largest absolute Gasteiger partial charge is 0.330 e. The van der Waals surface area contributed by atoms with Gasteiger partial charge in [0.2, 0.25) is 0 Å². The molecule has 3 nitrogen and oxygen atoms in total. The molecule has 0 radical (unpaired) electrons. The number of nitrogens with one attached hydrogen (secondary N) is 1. The van der Waals surface area contributed by atoms with Gasteiger partial charge in [0, 0.05) is 12.1 Å². The van der Waals surface area contributed by atoms with E-state index < -0.39 is 0 Å². The Morgan fingerprint density at radius 3 is 2.43 bits per heavy atom. The maximum atomic E-state index is 5.47. The van der Waals surface area contributed by atoms with E-state index >= 15 is 0 Å². The van der Waals surface area contributed by atoms with Gasteiger partial charge in [0.15, 0.2) is 0 Å². The number of hydrogen-bond donors (Lipinski definition) is 2. The van der Waals surface area contributed by atoms with Crippen molar-refractivity contribution >= 4 is 0 Å². The lowest BCUT2D eigenvalue weighted by Crippen LogP contribution is -2.43. The van der Waals surface area contributed by atoms with Crippen LogP contribution in [0.5, 0.6) is 0 Å². The standard InChI is InChI=1S/C11H23N3/c12-6-1-7-13-10-4-8-14(9-5-10)11-2-3-11/h10-11,13H,1-9,12H2. The Bertz CT molecular complexity index is 160. The first-order valence-corrected chi connectivity index (χ1v) is 6.07. The molecule has 2 fully saturated rings. The lowest BCUT2D eigenvalue weighted by Gasteiger charge is -2.32. The molecule has 0 spiro atoms. The molecule has 1 saturated heterocycles. The van der Waals surface area contributed by atoms with Crippen molar-refractivity contribution in [3.05, 3.63) is 0 Å². The van der Waals surface area contributed by atoms with Gasteiger partial charge in [-0.25, -0.2) is 0 Å². The average molecular weight is 197 g/mol. The Labute approximate surface area is 87.0 Å². The predicted molar refractivity (Wildman–Crippen MR) is 59.3 cm³/mol. The van der Waals surface area contributed by atoms with E-state index in [-0.39, 0.29) is 0 Å². The Morgan fingerprint density at radius 2 is 1.86 bits per heavy atom. The molecule has 0 aromatic heterocycles. The summed E-state index contributed by atoms with van der Waals surface area (Å²) in [4.78, 5) is 2.67. The van der Waals surface area contributed by atoms with E-state index in [9.17, 15) is 0 Å². The molecule has 2 rings (SSSR count). The number of nitrogens with zero attached hydrogens (tertiary/aromatic N) is 1. The molecular formula is C11H23N3. The molecule has 1 aliphatic heterocycles. The smallest absolute Gasteiger partial charge is 0.00964 e. The number of rotatable bonds is 5. The van der Waals surface area contributed by atoms with Crippen LogP contribution in [0.15, 0.2) is 0 Å². The summed E-state index contributed by atoms with van der Waals surface area (Å²) in [5.74, 6) is 0. The number of hydrogen-bond acceptors (Lipinski definition) is 3. The number of likely N-dealkylation sites (tertiary alicyclic amines) is 1. The molecule has 0 aromatic rings. The fourth-order valence-corrected chi connectivity index (χ4v) is 2.32. The van der Waals surface area contributed by atoms with E-state index in [0.717, 1.165) is 31.6 Å². The molecule has 82 valence electrons. The minimum absolute atomic E-state index is 0.761. The average Bonchev–Trinajstić information content (AvgIpc) is 3.03. The van der Waals surface area contributed by atoms with Crippen molar-refractivity contribution in [1.29, 1.82) is 0 Å². The van der Waals surface area contributed by atoms with Gasteiger partial charge in [-0.05, 0) is 58.3 Å². The summed E-state index contributed by atoms with van der Waals surface area (Å²) in [6, 6.07) is 1.72. The second kappa shape index (κ2) is 5.10. The maximum absolute atomic E-state index is 5.47. The van der Waals surface area contributed by atoms with E-state index in [0.29, 0.717) is 0 Å². The highest BCUT2D eigenvalue weighted by Crippen LogP contribution is 2.29. The van der Waals surface area contributed by atoms with Crippen LogP contribution in [0.1, 0.15) is 32.1 Å². The zero-order valence-corrected chi connectivity index (χ0v) is 9.04. The summed E-state index contributed by atoms with van der Waals surface area (Å²) in [6.07, 6.45) is 6.68. The van der Waals surface area contributed by atoms with Crippen LogP contribution in [0.2, 0.25) is 0 Å². The van der Waals surface area contributed by atoms with Gasteiger partial charge in [0.1, 0.15) is 0 Å². The fourth-order valence-electron chi connectivity index (χ4n) is 2.32. The van der Waals surface area contributed by atoms with Crippen molar-refractivity contribution in [2.45, 2.75) is 44.2 Å². The monoisotopic (exact) mass is 197 g/mol. The molecule has 3 N–H and O–H groups in total. The van der Waals surface area contributed by atoms with Gasteiger partial charge in [-0.15, -0.1) is 0 Å². The highest BCUT2D eigenvalue weighted by atomic mass is 15.2. The van der Waals surface area contributed by atoms with Gasteiger partial charge >= 0.3 is 0 Å². The molecule has 14 heavy (non-hydrogen) atoms. The highest BCUT2D eigenvalue weighted by Gasteiger charge is 2.31. The van der Waals surface area contributed by atoms with Gasteiger partial charge in [-0.1, -0.05) is 0 Å². The number of nitrogens with two attached hydrogens (primary N) is 1. The van der Waals surface area contributed by atoms with Gasteiger partial charge in [-0.2, -0.15) is 0 Å². The molecule has 1 aliphatic carbocycles. The zero-order chi connectivity index (χ0) is 9.80. The second-order valence-corrected chi connectivity index (χ2v) is 4.64. The number of piperidine rings is 1. The summed E-state index contributed by atoms with van der Waals surface area (Å²) in [7, 11) is 0. The van der Waals surface area contributed by atoms with Crippen LogP contribution in [-0.2, 0) is 0 Å². The minimum atomic E-state index is 0.761. The van der Waals surface area contributed by atoms with E-state index in [4.69, 9.17) is 5.73 Å². The van der Waals surface area contributed by atoms with E-state index in [2.05, 4.69) is 10.2 Å². The van der Waals surface area contributed by atoms with Crippen LogP contribution >= 0.6 is 0 Å². The second-order valence-electron chi connectivity index (χ2n) is 4.64. The first kappa shape index (κ1) is 10.4. The lowest BCUT2D eigenvalue weighted by atomic mass is 10.0. The van der Waals surface area contributed by atoms with Crippen molar-refractivity contribution in [1.82, 2.24) is 10.2 Å². The third kappa shape index (κ3) is 2.94. The van der Waals surface area contributed by atoms with Crippen molar-refractivity contribution in [2.24, 2.45) is 5.73 Å². The molecule has 0 amide bonds. The normalized spacial score (nSPS) is 25.5. The Morgan fingerprint density at radius 1 is 1.14 bits per heavy atom. The van der Waals surface area contributed by atoms with Crippen LogP contribution in [0.3, 0.4) is 0 Å². The first-order chi connectivity index (χ1) is 6.90. The van der Waals surface area contributed by atoms with Gasteiger partial charge < -0.3 is 16.0 Å². The summed E-state index contributed by atoms with van der Waals surface area (Å²) in [5, 5.41) is 3.60. The summed E-state index contributed by atoms with van der Waals surface area (Å²) >= 11 is 0. The van der Waals surface area contributed by atoms with Crippen LogP contribution in [-0.4, -0.2) is 43.2 Å². The molecule has 1 saturated carbocycles. The Kier molecular flexibility index (Phi) is 3.79. The van der Waals surface area contributed by atoms with Crippen molar-refractivity contribution < 1.29 is 0 Å². The molecule has 0 aromatic carbocycles. The minimum Gasteiger partial charge on any atom is -0.330 e. The SMILES string of the molecule is NCCCNC1CCN(C2CC2)CC1. The summed E-state index contributed by atoms with van der Waals surface area (Å²) in [5.41, 5.74) is 5.47. The van der Waals surface area contributed by atoms with Gasteiger partial charge in [0.05, 0.1) is 0 Å². The molecule has 0 bridgehead atoms. The topological polar surface area (TPSA) is 41.3 Å². The molecule has 0 atom stereocenters. The fraction of sp³-hybridized carbons (Fsp3) is 1.00. The van der Waals surface area contributed by atoms with E-state index in [1.165, 1.54) is 38.8 Å². The maximum Gasteiger partial charge on any atom is 0.00964 e.